The van der Waals surface area contributed by atoms with E-state index in [1.807, 2.05) is 36.4 Å². The van der Waals surface area contributed by atoms with Gasteiger partial charge in [-0.25, -0.2) is 4.98 Å². The summed E-state index contributed by atoms with van der Waals surface area (Å²) >= 11 is 0. The van der Waals surface area contributed by atoms with Gasteiger partial charge in [0.1, 0.15) is 11.6 Å². The first-order valence-corrected chi connectivity index (χ1v) is 10.9. The van der Waals surface area contributed by atoms with Crippen LogP contribution in [0.2, 0.25) is 0 Å². The van der Waals surface area contributed by atoms with Crippen molar-refractivity contribution in [3.05, 3.63) is 90.0 Å². The minimum atomic E-state index is -0.0664. The smallest absolute Gasteiger partial charge is 0.255 e. The van der Waals surface area contributed by atoms with E-state index in [4.69, 9.17) is 9.72 Å². The summed E-state index contributed by atoms with van der Waals surface area (Å²) in [5, 5.41) is 0. The van der Waals surface area contributed by atoms with Crippen LogP contribution in [0, 0.1) is 6.92 Å². The Morgan fingerprint density at radius 2 is 1.84 bits per heavy atom. The third-order valence-corrected chi connectivity index (χ3v) is 5.49. The van der Waals surface area contributed by atoms with Gasteiger partial charge in [0.2, 0.25) is 0 Å². The molecule has 0 spiro atoms. The zero-order valence-electron chi connectivity index (χ0n) is 18.6. The van der Waals surface area contributed by atoms with Crippen LogP contribution in [0.15, 0.2) is 73.1 Å². The largest absolute Gasteiger partial charge is 0.493 e. The second-order valence-electron chi connectivity index (χ2n) is 7.89. The van der Waals surface area contributed by atoms with Gasteiger partial charge >= 0.3 is 0 Å². The summed E-state index contributed by atoms with van der Waals surface area (Å²) in [6.07, 6.45) is 5.15. The average Bonchev–Trinajstić information content (AvgIpc) is 3.17. The van der Waals surface area contributed by atoms with E-state index >= 15 is 0 Å². The number of carbonyl (C=O) groups excluding carboxylic acids is 1. The molecule has 0 N–H and O–H groups in total. The fraction of sp³-hybridized carbons (Fsp3) is 0.269. The molecule has 32 heavy (non-hydrogen) atoms. The molecular formula is C26H28N4O2. The van der Waals surface area contributed by atoms with Crippen molar-refractivity contribution in [2.75, 3.05) is 13.7 Å². The summed E-state index contributed by atoms with van der Waals surface area (Å²) < 4.78 is 8.15. The number of ether oxygens (including phenoxy) is 1. The average molecular weight is 429 g/mol. The van der Waals surface area contributed by atoms with Crippen LogP contribution in [-0.2, 0) is 13.1 Å². The third-order valence-electron chi connectivity index (χ3n) is 5.49. The van der Waals surface area contributed by atoms with E-state index in [9.17, 15) is 4.79 Å². The molecule has 0 aliphatic carbocycles. The van der Waals surface area contributed by atoms with Crippen molar-refractivity contribution in [2.24, 2.45) is 0 Å². The highest BCUT2D eigenvalue weighted by Crippen LogP contribution is 2.20. The molecule has 0 radical (unpaired) electrons. The van der Waals surface area contributed by atoms with Crippen LogP contribution in [-0.4, -0.2) is 39.0 Å². The van der Waals surface area contributed by atoms with Gasteiger partial charge in [0, 0.05) is 26.0 Å². The number of fused-ring (bicyclic) bond motifs is 1. The standard InChI is InChI=1S/C26H28N4O2/c1-20-10-3-6-14-24(20)32-17-8-7-16-30-23-13-5-4-12-22(23)28-25(30)19-29(2)26(31)21-11-9-15-27-18-21/h3-6,9-15,18H,7-8,16-17,19H2,1-2H3. The van der Waals surface area contributed by atoms with E-state index in [0.717, 1.165) is 47.6 Å². The number of rotatable bonds is 9. The first-order valence-electron chi connectivity index (χ1n) is 10.9. The second-order valence-corrected chi connectivity index (χ2v) is 7.89. The Balaban J connectivity index is 1.42. The lowest BCUT2D eigenvalue weighted by Gasteiger charge is -2.18. The fourth-order valence-electron chi connectivity index (χ4n) is 3.76. The van der Waals surface area contributed by atoms with Crippen LogP contribution in [0.1, 0.15) is 34.6 Å². The molecule has 6 heteroatoms. The first-order chi connectivity index (χ1) is 15.6. The van der Waals surface area contributed by atoms with Gasteiger partial charge in [-0.3, -0.25) is 9.78 Å². The van der Waals surface area contributed by atoms with Crippen LogP contribution in [0.25, 0.3) is 11.0 Å². The minimum Gasteiger partial charge on any atom is -0.493 e. The molecule has 4 rings (SSSR count). The Labute approximate surface area is 188 Å². The predicted molar refractivity (Wildman–Crippen MR) is 126 cm³/mol. The maximum atomic E-state index is 12.8. The van der Waals surface area contributed by atoms with E-state index in [2.05, 4.69) is 28.6 Å². The first kappa shape index (κ1) is 21.6. The summed E-state index contributed by atoms with van der Waals surface area (Å²) in [6.45, 7) is 3.98. The highest BCUT2D eigenvalue weighted by molar-refractivity contribution is 5.93. The van der Waals surface area contributed by atoms with Gasteiger partial charge in [-0.15, -0.1) is 0 Å². The molecule has 0 saturated carbocycles. The fourth-order valence-corrected chi connectivity index (χ4v) is 3.76. The number of para-hydroxylation sites is 3. The van der Waals surface area contributed by atoms with E-state index in [-0.39, 0.29) is 5.91 Å². The zero-order valence-corrected chi connectivity index (χ0v) is 18.6. The molecule has 6 nitrogen and oxygen atoms in total. The lowest BCUT2D eigenvalue weighted by atomic mass is 10.2. The molecule has 1 amide bonds. The Morgan fingerprint density at radius 1 is 1.03 bits per heavy atom. The van der Waals surface area contributed by atoms with Crippen molar-refractivity contribution < 1.29 is 9.53 Å². The molecule has 164 valence electrons. The van der Waals surface area contributed by atoms with Crippen LogP contribution in [0.3, 0.4) is 0 Å². The summed E-state index contributed by atoms with van der Waals surface area (Å²) in [4.78, 5) is 23.3. The summed E-state index contributed by atoms with van der Waals surface area (Å²) in [7, 11) is 1.80. The zero-order chi connectivity index (χ0) is 22.3. The molecule has 0 unspecified atom stereocenters. The number of benzene rings is 2. The van der Waals surface area contributed by atoms with Gasteiger partial charge < -0.3 is 14.2 Å². The number of hydrogen-bond donors (Lipinski definition) is 0. The third kappa shape index (κ3) is 4.97. The molecule has 0 bridgehead atoms. The van der Waals surface area contributed by atoms with Gasteiger partial charge in [0.25, 0.3) is 5.91 Å². The minimum absolute atomic E-state index is 0.0664. The van der Waals surface area contributed by atoms with Crippen molar-refractivity contribution in [3.8, 4) is 5.75 Å². The summed E-state index contributed by atoms with van der Waals surface area (Å²) in [6, 6.07) is 19.7. The molecule has 0 aliphatic rings. The summed E-state index contributed by atoms with van der Waals surface area (Å²) in [5.74, 6) is 1.76. The van der Waals surface area contributed by atoms with Crippen molar-refractivity contribution in [1.82, 2.24) is 19.4 Å². The molecule has 2 heterocycles. The maximum Gasteiger partial charge on any atom is 0.255 e. The van der Waals surface area contributed by atoms with Gasteiger partial charge in [-0.05, 0) is 55.7 Å². The number of hydrogen-bond acceptors (Lipinski definition) is 4. The lowest BCUT2D eigenvalue weighted by molar-refractivity contribution is 0.0779. The van der Waals surface area contributed by atoms with Crippen LogP contribution >= 0.6 is 0 Å². The van der Waals surface area contributed by atoms with Crippen molar-refractivity contribution in [2.45, 2.75) is 32.9 Å². The Morgan fingerprint density at radius 3 is 2.66 bits per heavy atom. The number of carbonyl (C=O) groups is 1. The van der Waals surface area contributed by atoms with Crippen molar-refractivity contribution in [3.63, 3.8) is 0 Å². The molecule has 2 aromatic carbocycles. The van der Waals surface area contributed by atoms with Gasteiger partial charge in [0.05, 0.1) is 29.7 Å². The summed E-state index contributed by atoms with van der Waals surface area (Å²) in [5.41, 5.74) is 3.76. The lowest BCUT2D eigenvalue weighted by Crippen LogP contribution is -2.28. The van der Waals surface area contributed by atoms with E-state index in [1.54, 1.807) is 36.5 Å². The van der Waals surface area contributed by atoms with Crippen LogP contribution < -0.4 is 4.74 Å². The molecular weight excluding hydrogens is 400 g/mol. The van der Waals surface area contributed by atoms with E-state index < -0.39 is 0 Å². The Kier molecular flexibility index (Phi) is 6.80. The number of nitrogens with zero attached hydrogens (tertiary/aromatic N) is 4. The predicted octanol–water partition coefficient (Wildman–Crippen LogP) is 4.87. The normalized spacial score (nSPS) is 10.9. The highest BCUT2D eigenvalue weighted by atomic mass is 16.5. The molecule has 0 saturated heterocycles. The monoisotopic (exact) mass is 428 g/mol. The quantitative estimate of drug-likeness (QED) is 0.357. The van der Waals surface area contributed by atoms with Crippen molar-refractivity contribution in [1.29, 1.82) is 0 Å². The van der Waals surface area contributed by atoms with Crippen molar-refractivity contribution >= 4 is 16.9 Å². The number of pyridine rings is 1. The number of aromatic nitrogens is 3. The molecule has 0 fully saturated rings. The number of unbranched alkanes of at least 4 members (excludes halogenated alkanes) is 1. The highest BCUT2D eigenvalue weighted by Gasteiger charge is 2.17. The van der Waals surface area contributed by atoms with Crippen LogP contribution in [0.4, 0.5) is 0 Å². The second kappa shape index (κ2) is 10.1. The van der Waals surface area contributed by atoms with Gasteiger partial charge in [0.15, 0.2) is 0 Å². The topological polar surface area (TPSA) is 60.2 Å². The number of amides is 1. The van der Waals surface area contributed by atoms with E-state index in [1.165, 1.54) is 0 Å². The Bertz CT molecular complexity index is 1190. The van der Waals surface area contributed by atoms with Gasteiger partial charge in [-0.1, -0.05) is 30.3 Å². The van der Waals surface area contributed by atoms with Gasteiger partial charge in [-0.2, -0.15) is 0 Å². The Hall–Kier alpha value is -3.67. The number of imidazole rings is 1. The molecule has 0 aliphatic heterocycles. The molecule has 0 atom stereocenters. The maximum absolute atomic E-state index is 12.8. The van der Waals surface area contributed by atoms with Crippen LogP contribution in [0.5, 0.6) is 5.75 Å². The number of aryl methyl sites for hydroxylation is 2. The SMILES string of the molecule is Cc1ccccc1OCCCCn1c(CN(C)C(=O)c2cccnc2)nc2ccccc21. The van der Waals surface area contributed by atoms with E-state index in [0.29, 0.717) is 18.7 Å². The molecule has 2 aromatic heterocycles. The molecule has 4 aromatic rings.